The van der Waals surface area contributed by atoms with Crippen LogP contribution in [0.2, 0.25) is 0 Å². The van der Waals surface area contributed by atoms with Crippen molar-refractivity contribution in [1.82, 2.24) is 0 Å². The summed E-state index contributed by atoms with van der Waals surface area (Å²) in [4.78, 5) is 0. The molecule has 21 heavy (non-hydrogen) atoms. The third kappa shape index (κ3) is 3.37. The maximum absolute atomic E-state index is 10.1. The lowest BCUT2D eigenvalue weighted by atomic mass is 9.81. The van der Waals surface area contributed by atoms with Gasteiger partial charge in [0.05, 0.1) is 18.2 Å². The van der Waals surface area contributed by atoms with Crippen molar-refractivity contribution in [1.29, 1.82) is 0 Å². The Labute approximate surface area is 123 Å². The molecule has 0 aromatic carbocycles. The Morgan fingerprint density at radius 3 is 2.57 bits per heavy atom. The largest absolute Gasteiger partial charge is 0.465 e. The molecule has 8 N–H and O–H groups in total. The molecule has 8 nitrogen and oxygen atoms in total. The lowest BCUT2D eigenvalue weighted by Gasteiger charge is -2.43. The van der Waals surface area contributed by atoms with Gasteiger partial charge in [-0.3, -0.25) is 0 Å². The van der Waals surface area contributed by atoms with E-state index < -0.39 is 49.4 Å². The van der Waals surface area contributed by atoms with Crippen LogP contribution >= 0.6 is 0 Å². The Hall–Kier alpha value is -0.740. The average Bonchev–Trinajstić information content (AvgIpc) is 2.45. The Morgan fingerprint density at radius 2 is 1.95 bits per heavy atom. The second kappa shape index (κ2) is 6.57. The van der Waals surface area contributed by atoms with Gasteiger partial charge in [-0.1, -0.05) is 6.92 Å². The van der Waals surface area contributed by atoms with Gasteiger partial charge in [0, 0.05) is 6.04 Å². The van der Waals surface area contributed by atoms with Crippen LogP contribution in [0, 0.1) is 5.92 Å². The molecule has 1 aliphatic carbocycles. The highest BCUT2D eigenvalue weighted by Gasteiger charge is 2.44. The average molecular weight is 304 g/mol. The van der Waals surface area contributed by atoms with E-state index in [1.807, 2.05) is 0 Å². The van der Waals surface area contributed by atoms with E-state index in [1.54, 1.807) is 6.92 Å². The summed E-state index contributed by atoms with van der Waals surface area (Å²) in [6, 6.07) is -1.37. The first kappa shape index (κ1) is 16.6. The Bertz CT molecular complexity index is 393. The van der Waals surface area contributed by atoms with Crippen molar-refractivity contribution in [3.63, 3.8) is 0 Å². The Kier molecular flexibility index (Phi) is 5.20. The molecule has 0 aromatic rings. The van der Waals surface area contributed by atoms with Gasteiger partial charge >= 0.3 is 0 Å². The van der Waals surface area contributed by atoms with Crippen LogP contribution < -0.4 is 11.5 Å². The van der Waals surface area contributed by atoms with Crippen molar-refractivity contribution in [2.24, 2.45) is 17.4 Å². The molecule has 2 rings (SSSR count). The molecular weight excluding hydrogens is 280 g/mol. The molecule has 0 bridgehead atoms. The fourth-order valence-corrected chi connectivity index (χ4v) is 2.76. The van der Waals surface area contributed by atoms with E-state index in [0.717, 1.165) is 0 Å². The number of aliphatic hydroxyl groups is 4. The zero-order chi connectivity index (χ0) is 15.7. The summed E-state index contributed by atoms with van der Waals surface area (Å²) in [6.07, 6.45) is -3.29. The van der Waals surface area contributed by atoms with Gasteiger partial charge in [-0.15, -0.1) is 0 Å². The molecule has 0 radical (unpaired) electrons. The molecule has 1 aliphatic heterocycles. The summed E-state index contributed by atoms with van der Waals surface area (Å²) < 4.78 is 10.9. The number of hydrogen-bond acceptors (Lipinski definition) is 8. The minimum absolute atomic E-state index is 0.141. The molecular formula is C13H24N2O6. The smallest absolute Gasteiger partial charge is 0.218 e. The third-order valence-corrected chi connectivity index (χ3v) is 4.12. The fraction of sp³-hybridized carbons (Fsp3) is 0.846. The lowest BCUT2D eigenvalue weighted by molar-refractivity contribution is -0.229. The number of aliphatic hydroxyl groups excluding tert-OH is 4. The van der Waals surface area contributed by atoms with E-state index in [-0.39, 0.29) is 11.7 Å². The summed E-state index contributed by atoms with van der Waals surface area (Å²) in [5.41, 5.74) is 11.8. The Balaban J connectivity index is 2.08. The first-order valence-electron chi connectivity index (χ1n) is 7.04. The van der Waals surface area contributed by atoms with E-state index >= 15 is 0 Å². The van der Waals surface area contributed by atoms with Gasteiger partial charge in [-0.2, -0.15) is 0 Å². The van der Waals surface area contributed by atoms with Crippen LogP contribution in [0.4, 0.5) is 0 Å². The maximum atomic E-state index is 10.1. The summed E-state index contributed by atoms with van der Waals surface area (Å²) in [5.74, 6) is -0.00345. The summed E-state index contributed by atoms with van der Waals surface area (Å²) in [6.45, 7) is 1.39. The maximum Gasteiger partial charge on any atom is 0.218 e. The van der Waals surface area contributed by atoms with Crippen LogP contribution in [0.5, 0.6) is 0 Å². The topological polar surface area (TPSA) is 151 Å². The van der Waals surface area contributed by atoms with Crippen LogP contribution in [0.1, 0.15) is 13.3 Å². The fourth-order valence-electron chi connectivity index (χ4n) is 2.76. The summed E-state index contributed by atoms with van der Waals surface area (Å²) >= 11 is 0. The second-order valence-corrected chi connectivity index (χ2v) is 5.80. The molecule has 3 unspecified atom stereocenters. The molecule has 1 saturated carbocycles. The minimum Gasteiger partial charge on any atom is -0.465 e. The molecule has 8 heteroatoms. The first-order valence-corrected chi connectivity index (χ1v) is 7.04. The number of rotatable bonds is 3. The molecule has 0 amide bonds. The molecule has 0 saturated heterocycles. The van der Waals surface area contributed by atoms with Crippen LogP contribution in [0.3, 0.4) is 0 Å². The molecule has 0 aromatic heterocycles. The van der Waals surface area contributed by atoms with Crippen molar-refractivity contribution in [2.45, 2.75) is 56.1 Å². The van der Waals surface area contributed by atoms with Crippen LogP contribution in [-0.4, -0.2) is 69.8 Å². The third-order valence-electron chi connectivity index (χ3n) is 4.12. The standard InChI is InChI=1S/C13H24N2O6/c1-5-2-7(14)12(11(19)10(5)18)21-13-9(15)8(17)3-6(4-16)20-13/h3,5,7-13,16-19H,2,4,14-15H2,1H3/t5-,7?,8+,9?,10?,11-,12-,13-/m1/s1. The van der Waals surface area contributed by atoms with E-state index in [2.05, 4.69) is 0 Å². The van der Waals surface area contributed by atoms with Gasteiger partial charge in [0.15, 0.2) is 0 Å². The number of hydrogen-bond donors (Lipinski definition) is 6. The highest BCUT2D eigenvalue weighted by atomic mass is 16.7. The molecule has 122 valence electrons. The minimum atomic E-state index is -1.17. The molecule has 8 atom stereocenters. The van der Waals surface area contributed by atoms with Gasteiger partial charge < -0.3 is 41.4 Å². The quantitative estimate of drug-likeness (QED) is 0.331. The van der Waals surface area contributed by atoms with E-state index in [1.165, 1.54) is 6.08 Å². The van der Waals surface area contributed by atoms with E-state index in [9.17, 15) is 15.3 Å². The van der Waals surface area contributed by atoms with Crippen molar-refractivity contribution >= 4 is 0 Å². The zero-order valence-corrected chi connectivity index (χ0v) is 11.9. The van der Waals surface area contributed by atoms with Gasteiger partial charge in [0.1, 0.15) is 24.6 Å². The predicted octanol–water partition coefficient (Wildman–Crippen LogP) is -2.62. The monoisotopic (exact) mass is 304 g/mol. The van der Waals surface area contributed by atoms with Crippen molar-refractivity contribution < 1.29 is 29.9 Å². The highest BCUT2D eigenvalue weighted by Crippen LogP contribution is 2.29. The van der Waals surface area contributed by atoms with Crippen LogP contribution in [0.25, 0.3) is 0 Å². The molecule has 1 heterocycles. The number of ether oxygens (including phenoxy) is 2. The van der Waals surface area contributed by atoms with Crippen molar-refractivity contribution in [3.05, 3.63) is 11.8 Å². The summed E-state index contributed by atoms with van der Waals surface area (Å²) in [7, 11) is 0. The number of nitrogens with two attached hydrogens (primary N) is 2. The van der Waals surface area contributed by atoms with Gasteiger partial charge in [0.25, 0.3) is 0 Å². The predicted molar refractivity (Wildman–Crippen MR) is 72.7 cm³/mol. The second-order valence-electron chi connectivity index (χ2n) is 5.80. The highest BCUT2D eigenvalue weighted by molar-refractivity contribution is 5.07. The van der Waals surface area contributed by atoms with Gasteiger partial charge in [0.2, 0.25) is 6.29 Å². The molecule has 0 spiro atoms. The SMILES string of the molecule is C[C@@H]1CC(N)[C@@H](O[C@H]2OC(CO)=C[C@H](O)C2N)[C@H](O)C1O. The van der Waals surface area contributed by atoms with Gasteiger partial charge in [-0.05, 0) is 18.4 Å². The van der Waals surface area contributed by atoms with Crippen LogP contribution in [-0.2, 0) is 9.47 Å². The lowest BCUT2D eigenvalue weighted by Crippen LogP contribution is -2.60. The molecule has 1 fully saturated rings. The van der Waals surface area contributed by atoms with Crippen LogP contribution in [0.15, 0.2) is 11.8 Å². The van der Waals surface area contributed by atoms with E-state index in [4.69, 9.17) is 26.0 Å². The van der Waals surface area contributed by atoms with Crippen molar-refractivity contribution in [3.8, 4) is 0 Å². The summed E-state index contributed by atoms with van der Waals surface area (Å²) in [5, 5.41) is 38.9. The zero-order valence-electron chi connectivity index (χ0n) is 11.9. The van der Waals surface area contributed by atoms with Gasteiger partial charge in [-0.25, -0.2) is 0 Å². The van der Waals surface area contributed by atoms with E-state index in [0.29, 0.717) is 6.42 Å². The first-order chi connectivity index (χ1) is 9.85. The Morgan fingerprint density at radius 1 is 1.29 bits per heavy atom. The van der Waals surface area contributed by atoms with Crippen molar-refractivity contribution in [2.75, 3.05) is 6.61 Å². The normalized spacial score (nSPS) is 47.7. The molecule has 2 aliphatic rings.